The van der Waals surface area contributed by atoms with Gasteiger partial charge in [0.25, 0.3) is 15.9 Å². The average Bonchev–Trinajstić information content (AvgIpc) is 2.87. The summed E-state index contributed by atoms with van der Waals surface area (Å²) in [4.78, 5) is 24.1. The highest BCUT2D eigenvalue weighted by molar-refractivity contribution is 7.92. The second-order valence-corrected chi connectivity index (χ2v) is 9.00. The van der Waals surface area contributed by atoms with Crippen molar-refractivity contribution >= 4 is 33.3 Å². The fraction of sp³-hybridized carbons (Fsp3) is 0.167. The Labute approximate surface area is 197 Å². The lowest BCUT2D eigenvalue weighted by Gasteiger charge is -2.20. The Balaban J connectivity index is 1.68. The van der Waals surface area contributed by atoms with E-state index in [1.54, 1.807) is 36.4 Å². The SMILES string of the molecule is COC(=O)c1ccc(OCC(=O)Nc2cccc(S(=O)(=O)N(C)c3ccccc3)c2)c(OC)c1. The van der Waals surface area contributed by atoms with Crippen LogP contribution in [0.1, 0.15) is 10.4 Å². The number of carbonyl (C=O) groups excluding carboxylic acids is 2. The minimum atomic E-state index is -3.83. The van der Waals surface area contributed by atoms with Gasteiger partial charge in [-0.3, -0.25) is 9.10 Å². The van der Waals surface area contributed by atoms with Gasteiger partial charge in [-0.2, -0.15) is 0 Å². The Hall–Kier alpha value is -4.05. The van der Waals surface area contributed by atoms with Crippen LogP contribution in [0, 0.1) is 0 Å². The van der Waals surface area contributed by atoms with E-state index < -0.39 is 21.9 Å². The summed E-state index contributed by atoms with van der Waals surface area (Å²) in [6.45, 7) is -0.366. The van der Waals surface area contributed by atoms with Gasteiger partial charge in [0, 0.05) is 12.7 Å². The molecule has 9 nitrogen and oxygen atoms in total. The fourth-order valence-electron chi connectivity index (χ4n) is 3.04. The van der Waals surface area contributed by atoms with Gasteiger partial charge in [-0.15, -0.1) is 0 Å². The number of ether oxygens (including phenoxy) is 3. The lowest BCUT2D eigenvalue weighted by molar-refractivity contribution is -0.118. The fourth-order valence-corrected chi connectivity index (χ4v) is 4.28. The Morgan fingerprint density at radius 2 is 1.65 bits per heavy atom. The van der Waals surface area contributed by atoms with Crippen LogP contribution in [-0.2, 0) is 19.6 Å². The zero-order valence-corrected chi connectivity index (χ0v) is 19.7. The van der Waals surface area contributed by atoms with E-state index in [0.29, 0.717) is 11.4 Å². The third-order valence-electron chi connectivity index (χ3n) is 4.84. The van der Waals surface area contributed by atoms with Gasteiger partial charge in [-0.1, -0.05) is 24.3 Å². The van der Waals surface area contributed by atoms with E-state index in [9.17, 15) is 18.0 Å². The Kier molecular flexibility index (Phi) is 7.75. The molecule has 0 unspecified atom stereocenters. The molecule has 0 radical (unpaired) electrons. The number of hydrogen-bond donors (Lipinski definition) is 1. The quantitative estimate of drug-likeness (QED) is 0.464. The lowest BCUT2D eigenvalue weighted by Crippen LogP contribution is -2.26. The average molecular weight is 485 g/mol. The lowest BCUT2D eigenvalue weighted by atomic mass is 10.2. The summed E-state index contributed by atoms with van der Waals surface area (Å²) >= 11 is 0. The number of sulfonamides is 1. The normalized spacial score (nSPS) is 10.8. The number of nitrogens with zero attached hydrogens (tertiary/aromatic N) is 1. The van der Waals surface area contributed by atoms with E-state index in [1.807, 2.05) is 0 Å². The first-order valence-corrected chi connectivity index (χ1v) is 11.5. The number of anilines is 2. The minimum absolute atomic E-state index is 0.0256. The first-order valence-electron chi connectivity index (χ1n) is 10.1. The maximum atomic E-state index is 13.0. The van der Waals surface area contributed by atoms with Crippen molar-refractivity contribution in [2.24, 2.45) is 0 Å². The van der Waals surface area contributed by atoms with Gasteiger partial charge in [0.1, 0.15) is 0 Å². The molecule has 0 bridgehead atoms. The first kappa shape index (κ1) is 24.6. The molecule has 0 aromatic heterocycles. The maximum Gasteiger partial charge on any atom is 0.337 e. The van der Waals surface area contributed by atoms with Gasteiger partial charge in [-0.05, 0) is 48.5 Å². The van der Waals surface area contributed by atoms with E-state index in [1.165, 1.54) is 62.0 Å². The summed E-state index contributed by atoms with van der Waals surface area (Å²) in [5.41, 5.74) is 1.08. The predicted molar refractivity (Wildman–Crippen MR) is 127 cm³/mol. The first-order chi connectivity index (χ1) is 16.3. The van der Waals surface area contributed by atoms with E-state index in [4.69, 9.17) is 9.47 Å². The number of amides is 1. The molecule has 0 atom stereocenters. The molecular formula is C24H24N2O7S. The smallest absolute Gasteiger partial charge is 0.337 e. The molecule has 0 saturated carbocycles. The monoisotopic (exact) mass is 484 g/mol. The van der Waals surface area contributed by atoms with Crippen molar-refractivity contribution in [3.05, 3.63) is 78.4 Å². The molecule has 0 saturated heterocycles. The summed E-state index contributed by atoms with van der Waals surface area (Å²) in [6.07, 6.45) is 0. The molecule has 0 aliphatic heterocycles. The van der Waals surface area contributed by atoms with E-state index in [2.05, 4.69) is 10.1 Å². The molecule has 0 aliphatic rings. The van der Waals surface area contributed by atoms with Crippen LogP contribution in [0.3, 0.4) is 0 Å². The molecule has 0 aliphatic carbocycles. The van der Waals surface area contributed by atoms with Crippen molar-refractivity contribution in [3.8, 4) is 11.5 Å². The van der Waals surface area contributed by atoms with Crippen molar-refractivity contribution < 1.29 is 32.2 Å². The van der Waals surface area contributed by atoms with Crippen molar-refractivity contribution in [3.63, 3.8) is 0 Å². The van der Waals surface area contributed by atoms with Crippen molar-refractivity contribution in [2.75, 3.05) is 37.5 Å². The Bertz CT molecular complexity index is 1280. The van der Waals surface area contributed by atoms with Crippen molar-refractivity contribution in [1.29, 1.82) is 0 Å². The van der Waals surface area contributed by atoms with Crippen LogP contribution in [0.5, 0.6) is 11.5 Å². The highest BCUT2D eigenvalue weighted by Gasteiger charge is 2.22. The molecule has 10 heteroatoms. The number of nitrogens with one attached hydrogen (secondary N) is 1. The summed E-state index contributed by atoms with van der Waals surface area (Å²) in [6, 6.07) is 19.0. The predicted octanol–water partition coefficient (Wildman–Crippen LogP) is 3.32. The second-order valence-electron chi connectivity index (χ2n) is 7.03. The number of benzene rings is 3. The van der Waals surface area contributed by atoms with Crippen LogP contribution in [0.2, 0.25) is 0 Å². The van der Waals surface area contributed by atoms with Gasteiger partial charge >= 0.3 is 5.97 Å². The van der Waals surface area contributed by atoms with Gasteiger partial charge in [0.2, 0.25) is 0 Å². The van der Waals surface area contributed by atoms with Crippen LogP contribution in [0.4, 0.5) is 11.4 Å². The van der Waals surface area contributed by atoms with E-state index in [-0.39, 0.29) is 28.6 Å². The number of hydrogen-bond acceptors (Lipinski definition) is 7. The number of carbonyl (C=O) groups is 2. The van der Waals surface area contributed by atoms with E-state index >= 15 is 0 Å². The molecule has 34 heavy (non-hydrogen) atoms. The summed E-state index contributed by atoms with van der Waals surface area (Å²) in [5, 5.41) is 2.62. The molecule has 0 spiro atoms. The van der Waals surface area contributed by atoms with Crippen LogP contribution in [0.15, 0.2) is 77.7 Å². The minimum Gasteiger partial charge on any atom is -0.493 e. The van der Waals surface area contributed by atoms with Crippen LogP contribution in [0.25, 0.3) is 0 Å². The van der Waals surface area contributed by atoms with Gasteiger partial charge in [-0.25, -0.2) is 13.2 Å². The molecule has 0 fully saturated rings. The molecule has 1 amide bonds. The number of methoxy groups -OCH3 is 2. The Morgan fingerprint density at radius 1 is 0.912 bits per heavy atom. The summed E-state index contributed by atoms with van der Waals surface area (Å²) < 4.78 is 42.5. The van der Waals surface area contributed by atoms with Crippen LogP contribution in [-0.4, -0.2) is 48.2 Å². The number of rotatable bonds is 9. The zero-order valence-electron chi connectivity index (χ0n) is 18.8. The molecule has 0 heterocycles. The Morgan fingerprint density at radius 3 is 2.32 bits per heavy atom. The molecule has 3 aromatic carbocycles. The van der Waals surface area contributed by atoms with Crippen molar-refractivity contribution in [2.45, 2.75) is 4.90 Å². The molecule has 1 N–H and O–H groups in total. The number of para-hydroxylation sites is 1. The van der Waals surface area contributed by atoms with Crippen molar-refractivity contribution in [1.82, 2.24) is 0 Å². The third kappa shape index (κ3) is 5.65. The molecule has 178 valence electrons. The van der Waals surface area contributed by atoms with Gasteiger partial charge in [0.05, 0.1) is 30.4 Å². The summed E-state index contributed by atoms with van der Waals surface area (Å²) in [7, 11) is 0.301. The van der Waals surface area contributed by atoms with Crippen LogP contribution < -0.4 is 19.1 Å². The van der Waals surface area contributed by atoms with Gasteiger partial charge in [0.15, 0.2) is 18.1 Å². The zero-order chi connectivity index (χ0) is 24.7. The molecule has 3 rings (SSSR count). The van der Waals surface area contributed by atoms with Gasteiger partial charge < -0.3 is 19.5 Å². The topological polar surface area (TPSA) is 111 Å². The second kappa shape index (κ2) is 10.7. The van der Waals surface area contributed by atoms with E-state index in [0.717, 1.165) is 0 Å². The van der Waals surface area contributed by atoms with Crippen LogP contribution >= 0.6 is 0 Å². The largest absolute Gasteiger partial charge is 0.493 e. The standard InChI is InChI=1S/C24H24N2O7S/c1-26(19-9-5-4-6-10-19)34(29,30)20-11-7-8-18(15-20)25-23(27)16-33-21-13-12-17(24(28)32-3)14-22(21)31-2/h4-15H,16H2,1-3H3,(H,25,27). The maximum absolute atomic E-state index is 13.0. The highest BCUT2D eigenvalue weighted by Crippen LogP contribution is 2.28. The molecule has 3 aromatic rings. The third-order valence-corrected chi connectivity index (χ3v) is 6.62. The summed E-state index contributed by atoms with van der Waals surface area (Å²) in [5.74, 6) is -0.528. The molecular weight excluding hydrogens is 460 g/mol. The highest BCUT2D eigenvalue weighted by atomic mass is 32.2. The number of esters is 1.